The van der Waals surface area contributed by atoms with Crippen molar-refractivity contribution < 1.29 is 91.7 Å². The average Bonchev–Trinajstić information content (AvgIpc) is 3.68. The molecule has 0 aliphatic carbocycles. The summed E-state index contributed by atoms with van der Waals surface area (Å²) in [5.74, 6) is -4.16. The van der Waals surface area contributed by atoms with Crippen molar-refractivity contribution in [1.82, 2.24) is 16.0 Å². The van der Waals surface area contributed by atoms with Gasteiger partial charge >= 0.3 is 17.9 Å². The Labute approximate surface area is 534 Å². The minimum absolute atomic E-state index is 0.00103. The van der Waals surface area contributed by atoms with Crippen molar-refractivity contribution in [3.05, 3.63) is 29.8 Å². The van der Waals surface area contributed by atoms with Crippen LogP contribution >= 0.6 is 55.8 Å². The van der Waals surface area contributed by atoms with Gasteiger partial charge in [-0.3, -0.25) is 43.2 Å². The summed E-state index contributed by atoms with van der Waals surface area (Å²) < 4.78 is 27.3. The number of Topliss-reactive ketones (excluding diaryl/α,β-unsaturated/α-hetero) is 4. The van der Waals surface area contributed by atoms with Crippen molar-refractivity contribution in [2.75, 3.05) is 95.6 Å². The number of carboxylic acids is 3. The number of ether oxygens (including phenoxy) is 5. The predicted octanol–water partition coefficient (Wildman–Crippen LogP) is 8.39. The summed E-state index contributed by atoms with van der Waals surface area (Å²) in [4.78, 5) is 133. The molecular formula is C60H95N3O19S5. The number of aliphatic carboxylic acids is 2. The number of hydrogen-bond donors (Lipinski definition) is 7. The summed E-state index contributed by atoms with van der Waals surface area (Å²) in [6, 6.07) is 5.13. The van der Waals surface area contributed by atoms with Gasteiger partial charge in [0.05, 0.1) is 51.1 Å². The van der Waals surface area contributed by atoms with Gasteiger partial charge in [0.15, 0.2) is 10.9 Å². The van der Waals surface area contributed by atoms with E-state index in [4.69, 9.17) is 28.8 Å². The van der Waals surface area contributed by atoms with E-state index >= 15 is 0 Å². The first kappa shape index (κ1) is 80.8. The molecule has 0 spiro atoms. The molecule has 494 valence electrons. The second kappa shape index (κ2) is 51.5. The summed E-state index contributed by atoms with van der Waals surface area (Å²) in [5, 5.41) is 36.0. The van der Waals surface area contributed by atoms with E-state index in [-0.39, 0.29) is 161 Å². The van der Waals surface area contributed by atoms with Crippen molar-refractivity contribution in [2.45, 2.75) is 149 Å². The number of thiol groups is 1. The lowest BCUT2D eigenvalue weighted by atomic mass is 9.92. The molecule has 27 heteroatoms. The van der Waals surface area contributed by atoms with Crippen LogP contribution in [0.2, 0.25) is 0 Å². The third-order valence-electron chi connectivity index (χ3n) is 13.5. The number of benzene rings is 1. The zero-order valence-corrected chi connectivity index (χ0v) is 55.2. The van der Waals surface area contributed by atoms with E-state index < -0.39 is 41.7 Å². The first-order chi connectivity index (χ1) is 41.6. The Hall–Kier alpha value is -4.22. The summed E-state index contributed by atoms with van der Waals surface area (Å²) in [6.45, 7) is 8.83. The minimum atomic E-state index is -1.21. The lowest BCUT2D eigenvalue weighted by molar-refractivity contribution is -0.144. The fourth-order valence-electron chi connectivity index (χ4n) is 7.87. The maximum atomic E-state index is 13.0. The zero-order valence-electron chi connectivity index (χ0n) is 51.1. The molecule has 87 heavy (non-hydrogen) atoms. The minimum Gasteiger partial charge on any atom is -0.494 e. The molecule has 0 saturated heterocycles. The topological polar surface area (TPSA) is 331 Å². The molecule has 0 heterocycles. The van der Waals surface area contributed by atoms with Gasteiger partial charge in [-0.25, -0.2) is 9.59 Å². The van der Waals surface area contributed by atoms with Gasteiger partial charge in [-0.05, 0) is 69.7 Å². The molecule has 1 rings (SSSR count). The zero-order chi connectivity index (χ0) is 64.6. The van der Waals surface area contributed by atoms with Crippen molar-refractivity contribution >= 4 is 120 Å². The summed E-state index contributed by atoms with van der Waals surface area (Å²) in [5.41, 5.74) is 0.215. The van der Waals surface area contributed by atoms with Gasteiger partial charge in [-0.2, -0.15) is 0 Å². The van der Waals surface area contributed by atoms with E-state index in [2.05, 4.69) is 28.6 Å². The van der Waals surface area contributed by atoms with Gasteiger partial charge in [-0.15, -0.1) is 12.6 Å². The molecule has 3 amide bonds. The van der Waals surface area contributed by atoms with Crippen LogP contribution in [0, 0.1) is 29.6 Å². The number of amides is 3. The van der Waals surface area contributed by atoms with E-state index in [1.165, 1.54) is 62.2 Å². The number of ketones is 4. The Bertz CT molecular complexity index is 2210. The highest BCUT2D eigenvalue weighted by molar-refractivity contribution is 8.77. The maximum absolute atomic E-state index is 13.0. The second-order valence-electron chi connectivity index (χ2n) is 21.3. The number of hydrogen-bond acceptors (Lipinski definition) is 20. The van der Waals surface area contributed by atoms with Gasteiger partial charge in [-0.1, -0.05) is 109 Å². The van der Waals surface area contributed by atoms with Crippen LogP contribution in [0.15, 0.2) is 24.3 Å². The van der Waals surface area contributed by atoms with Gasteiger partial charge < -0.3 is 55.0 Å². The van der Waals surface area contributed by atoms with Crippen LogP contribution in [0.4, 0.5) is 0 Å². The number of unbranched alkanes of at least 4 members (excludes halogenated alkanes) is 8. The molecule has 6 atom stereocenters. The number of carbonyl (C=O) groups excluding carboxylic acids is 8. The Balaban J connectivity index is 2.03. The van der Waals surface area contributed by atoms with Crippen molar-refractivity contribution in [3.8, 4) is 5.75 Å². The lowest BCUT2D eigenvalue weighted by Gasteiger charge is -2.17. The molecule has 0 aliphatic rings. The third-order valence-corrected chi connectivity index (χ3v) is 19.4. The summed E-state index contributed by atoms with van der Waals surface area (Å²) in [7, 11) is 5.88. The van der Waals surface area contributed by atoms with Gasteiger partial charge in [0.2, 0.25) is 17.7 Å². The van der Waals surface area contributed by atoms with E-state index in [1.807, 2.05) is 6.92 Å². The molecule has 22 nitrogen and oxygen atoms in total. The first-order valence-electron chi connectivity index (χ1n) is 30.0. The van der Waals surface area contributed by atoms with E-state index in [0.29, 0.717) is 74.2 Å². The Morgan fingerprint density at radius 3 is 1.62 bits per heavy atom. The number of carbonyl (C=O) groups is 11. The molecule has 0 aromatic heterocycles. The van der Waals surface area contributed by atoms with E-state index in [1.54, 1.807) is 26.0 Å². The highest BCUT2D eigenvalue weighted by atomic mass is 33.1. The van der Waals surface area contributed by atoms with Crippen LogP contribution in [-0.2, 0) is 66.9 Å². The third kappa shape index (κ3) is 44.0. The normalized spacial score (nSPS) is 13.3. The van der Waals surface area contributed by atoms with Gasteiger partial charge in [0, 0.05) is 98.5 Å². The molecule has 0 saturated carbocycles. The fraction of sp³-hybridized carbons (Fsp3) is 0.717. The molecule has 1 aromatic carbocycles. The van der Waals surface area contributed by atoms with Crippen LogP contribution in [0.25, 0.3) is 0 Å². The first-order valence-corrected chi connectivity index (χ1v) is 35.4. The largest absolute Gasteiger partial charge is 0.494 e. The Morgan fingerprint density at radius 1 is 0.494 bits per heavy atom. The van der Waals surface area contributed by atoms with Crippen molar-refractivity contribution in [1.29, 1.82) is 0 Å². The standard InChI is InChI=1S/C60H95N3O19S5/c1-42(39-85-87-41-48(45(4)64)35-53(67)43(2)38-84-86-40-44(3)60(77)83)52(66)34-47(58(73)74)16-12-13-25-61-56(70)37-81-33-30-78-27-15-17-49(65)36-80-32-31-79-29-26-62-54(68)24-23-51(59(75)76)63-55(69)18-11-9-7-5-6-8-10-14-28-82-50-21-19-46(20-22-50)57(71)72/h19-22,42-44,47-48,51H,5-18,23-41H2,1-4H3,(H,61,70)(H,62,68)(H,63,69)(H,71,72)(H,73,74)(H,75,76)(H,77,83)/t42-,43-,44-,47+,48-,51-/m0/s1. The molecular weight excluding hydrogens is 1230 g/mol. The van der Waals surface area contributed by atoms with Crippen LogP contribution in [0.3, 0.4) is 0 Å². The van der Waals surface area contributed by atoms with Crippen LogP contribution in [0.1, 0.15) is 154 Å². The molecule has 0 radical (unpaired) electrons. The number of rotatable bonds is 59. The molecule has 6 N–H and O–H groups in total. The lowest BCUT2D eigenvalue weighted by Crippen LogP contribution is -2.41. The molecule has 0 bridgehead atoms. The van der Waals surface area contributed by atoms with Crippen LogP contribution in [0.5, 0.6) is 5.75 Å². The highest BCUT2D eigenvalue weighted by Crippen LogP contribution is 2.31. The summed E-state index contributed by atoms with van der Waals surface area (Å²) >= 11 is 3.84. The highest BCUT2D eigenvalue weighted by Gasteiger charge is 2.26. The Morgan fingerprint density at radius 2 is 1.03 bits per heavy atom. The fourth-order valence-corrected chi connectivity index (χ4v) is 13.6. The Kier molecular flexibility index (Phi) is 47.8. The SMILES string of the molecule is CC(=O)[C@H](CSSC[C@H](C)C(=O)C[C@@H](CCCCNC(=O)COCCOCCCC(=O)COCCOCCNC(=O)CC[C@H](NC(=O)CCCCCCCCCCOc1ccc(C(=O)O)cc1)C(=O)O)C(=O)O)CC(=O)[C@@H](C)CSSC[C@H](C)C(=O)S. The molecule has 0 fully saturated rings. The van der Waals surface area contributed by atoms with E-state index in [9.17, 15) is 63.0 Å². The quantitative estimate of drug-likeness (QED) is 0.0183. The van der Waals surface area contributed by atoms with Gasteiger partial charge in [0.1, 0.15) is 42.4 Å². The predicted molar refractivity (Wildman–Crippen MR) is 342 cm³/mol. The van der Waals surface area contributed by atoms with Crippen molar-refractivity contribution in [3.63, 3.8) is 0 Å². The monoisotopic (exact) mass is 1320 g/mol. The molecule has 0 unspecified atom stereocenters. The number of aromatic carboxylic acids is 1. The maximum Gasteiger partial charge on any atom is 0.335 e. The second-order valence-corrected chi connectivity index (χ2v) is 26.8. The van der Waals surface area contributed by atoms with Crippen LogP contribution in [-0.4, -0.2) is 181 Å². The number of nitrogens with one attached hydrogen (secondary N) is 3. The van der Waals surface area contributed by atoms with E-state index in [0.717, 1.165) is 44.9 Å². The number of carboxylic acid groups (broad SMARTS) is 3. The van der Waals surface area contributed by atoms with Gasteiger partial charge in [0.25, 0.3) is 0 Å². The molecule has 1 aromatic rings. The summed E-state index contributed by atoms with van der Waals surface area (Å²) in [6.07, 6.45) is 9.52. The molecule has 0 aliphatic heterocycles. The van der Waals surface area contributed by atoms with Crippen molar-refractivity contribution in [2.24, 2.45) is 29.6 Å². The average molecular weight is 1320 g/mol. The van der Waals surface area contributed by atoms with Crippen LogP contribution < -0.4 is 20.7 Å². The smallest absolute Gasteiger partial charge is 0.335 e.